The van der Waals surface area contributed by atoms with Crippen molar-refractivity contribution in [3.63, 3.8) is 0 Å². The fourth-order valence-corrected chi connectivity index (χ4v) is 6.98. The van der Waals surface area contributed by atoms with Crippen LogP contribution in [0.25, 0.3) is 0 Å². The molecular formula is C51H92O5. The molecular weight excluding hydrogens is 693 g/mol. The van der Waals surface area contributed by atoms with Gasteiger partial charge in [-0.05, 0) is 70.6 Å². The van der Waals surface area contributed by atoms with E-state index in [1.165, 1.54) is 148 Å². The Morgan fingerprint density at radius 1 is 0.429 bits per heavy atom. The zero-order valence-electron chi connectivity index (χ0n) is 37.1. The number of unbranched alkanes of at least 4 members (excludes halogenated alkanes) is 28. The Morgan fingerprint density at radius 3 is 1.18 bits per heavy atom. The summed E-state index contributed by atoms with van der Waals surface area (Å²) in [7, 11) is 0. The van der Waals surface area contributed by atoms with Gasteiger partial charge in [-0.3, -0.25) is 9.59 Å². The Hall–Kier alpha value is -2.14. The average molecular weight is 785 g/mol. The molecule has 0 aromatic rings. The van der Waals surface area contributed by atoms with E-state index in [4.69, 9.17) is 9.47 Å². The van der Waals surface area contributed by atoms with Crippen molar-refractivity contribution in [2.45, 2.75) is 251 Å². The van der Waals surface area contributed by atoms with Crippen LogP contribution in [0.3, 0.4) is 0 Å². The summed E-state index contributed by atoms with van der Waals surface area (Å²) in [5.74, 6) is -0.604. The zero-order valence-corrected chi connectivity index (χ0v) is 37.1. The maximum absolute atomic E-state index is 12.2. The van der Waals surface area contributed by atoms with E-state index in [1.807, 2.05) is 0 Å². The summed E-state index contributed by atoms with van der Waals surface area (Å²) in [6, 6.07) is 0. The van der Waals surface area contributed by atoms with Gasteiger partial charge in [0.1, 0.15) is 6.61 Å². The van der Waals surface area contributed by atoms with Crippen molar-refractivity contribution in [3.05, 3.63) is 48.6 Å². The van der Waals surface area contributed by atoms with Gasteiger partial charge < -0.3 is 14.6 Å². The Bertz CT molecular complexity index is 935. The van der Waals surface area contributed by atoms with Gasteiger partial charge in [0.05, 0.1) is 6.61 Å². The first-order valence-electron chi connectivity index (χ1n) is 24.2. The van der Waals surface area contributed by atoms with Crippen LogP contribution in [0.4, 0.5) is 0 Å². The number of rotatable bonds is 44. The summed E-state index contributed by atoms with van der Waals surface area (Å²) in [6.07, 6.45) is 60.6. The Balaban J connectivity index is 3.47. The molecule has 0 aromatic carbocycles. The van der Waals surface area contributed by atoms with E-state index in [-0.39, 0.29) is 25.2 Å². The molecule has 0 aliphatic rings. The van der Waals surface area contributed by atoms with Crippen molar-refractivity contribution in [3.8, 4) is 0 Å². The maximum Gasteiger partial charge on any atom is 0.306 e. The van der Waals surface area contributed by atoms with Gasteiger partial charge in [0.25, 0.3) is 0 Å². The number of carbonyl (C=O) groups is 2. The van der Waals surface area contributed by atoms with Gasteiger partial charge in [0, 0.05) is 12.8 Å². The third-order valence-corrected chi connectivity index (χ3v) is 10.6. The molecule has 56 heavy (non-hydrogen) atoms. The minimum atomic E-state index is -0.780. The van der Waals surface area contributed by atoms with Crippen LogP contribution in [0.1, 0.15) is 245 Å². The normalized spacial score (nSPS) is 12.6. The number of esters is 2. The predicted octanol–water partition coefficient (Wildman–Crippen LogP) is 15.7. The van der Waals surface area contributed by atoms with Crippen LogP contribution >= 0.6 is 0 Å². The molecule has 0 spiro atoms. The maximum atomic E-state index is 12.2. The van der Waals surface area contributed by atoms with Crippen molar-refractivity contribution in [2.75, 3.05) is 13.2 Å². The second kappa shape index (κ2) is 47.2. The molecule has 326 valence electrons. The van der Waals surface area contributed by atoms with Crippen LogP contribution in [0.2, 0.25) is 0 Å². The van der Waals surface area contributed by atoms with Gasteiger partial charge in [-0.15, -0.1) is 0 Å². The standard InChI is InChI=1S/C51H92O5/c1-3-5-7-9-11-13-15-17-19-20-21-22-23-24-25-26-27-28-29-30-32-33-35-37-39-41-43-45-50(53)55-48-49(47-52)56-51(54)46-44-42-40-38-36-34-31-18-16-14-12-10-8-6-4-2/h6,8,12,14,18,20-21,31,49,52H,3-5,7,9-11,13,15-17,19,22-30,32-48H2,1-2H3/b8-6-,14-12-,21-20-,31-18-. The van der Waals surface area contributed by atoms with E-state index in [0.717, 1.165) is 70.6 Å². The van der Waals surface area contributed by atoms with E-state index in [0.29, 0.717) is 12.8 Å². The molecule has 5 heteroatoms. The molecule has 0 radical (unpaired) electrons. The van der Waals surface area contributed by atoms with Crippen LogP contribution in [0.5, 0.6) is 0 Å². The lowest BCUT2D eigenvalue weighted by molar-refractivity contribution is -0.161. The van der Waals surface area contributed by atoms with Crippen LogP contribution in [-0.2, 0) is 19.1 Å². The molecule has 1 atom stereocenters. The summed E-state index contributed by atoms with van der Waals surface area (Å²) in [4.78, 5) is 24.4. The fraction of sp³-hybridized carbons (Fsp3) is 0.804. The first kappa shape index (κ1) is 53.9. The lowest BCUT2D eigenvalue weighted by Crippen LogP contribution is -2.28. The molecule has 0 aromatic heterocycles. The van der Waals surface area contributed by atoms with Crippen molar-refractivity contribution < 1.29 is 24.2 Å². The van der Waals surface area contributed by atoms with E-state index < -0.39 is 6.10 Å². The van der Waals surface area contributed by atoms with Gasteiger partial charge in [-0.1, -0.05) is 210 Å². The topological polar surface area (TPSA) is 72.8 Å². The number of ether oxygens (including phenoxy) is 2. The number of carbonyl (C=O) groups excluding carboxylic acids is 2. The molecule has 0 fully saturated rings. The molecule has 0 aliphatic heterocycles. The van der Waals surface area contributed by atoms with E-state index in [1.54, 1.807) is 0 Å². The largest absolute Gasteiger partial charge is 0.462 e. The molecule has 5 nitrogen and oxygen atoms in total. The average Bonchev–Trinajstić information content (AvgIpc) is 3.20. The fourth-order valence-electron chi connectivity index (χ4n) is 6.98. The van der Waals surface area contributed by atoms with Gasteiger partial charge in [0.2, 0.25) is 0 Å². The van der Waals surface area contributed by atoms with E-state index in [9.17, 15) is 14.7 Å². The second-order valence-corrected chi connectivity index (χ2v) is 16.2. The first-order chi connectivity index (χ1) is 27.6. The van der Waals surface area contributed by atoms with Gasteiger partial charge in [0.15, 0.2) is 6.10 Å². The Kier molecular flexibility index (Phi) is 45.4. The summed E-state index contributed by atoms with van der Waals surface area (Å²) in [5.41, 5.74) is 0. The lowest BCUT2D eigenvalue weighted by atomic mass is 10.0. The highest BCUT2D eigenvalue weighted by molar-refractivity contribution is 5.70. The number of hydrogen-bond donors (Lipinski definition) is 1. The smallest absolute Gasteiger partial charge is 0.306 e. The molecule has 1 N–H and O–H groups in total. The van der Waals surface area contributed by atoms with Gasteiger partial charge in [-0.25, -0.2) is 0 Å². The minimum Gasteiger partial charge on any atom is -0.462 e. The third kappa shape index (κ3) is 44.6. The molecule has 1 unspecified atom stereocenters. The van der Waals surface area contributed by atoms with E-state index >= 15 is 0 Å². The van der Waals surface area contributed by atoms with E-state index in [2.05, 4.69) is 62.5 Å². The van der Waals surface area contributed by atoms with Crippen molar-refractivity contribution in [2.24, 2.45) is 0 Å². The summed E-state index contributed by atoms with van der Waals surface area (Å²) < 4.78 is 10.6. The summed E-state index contributed by atoms with van der Waals surface area (Å²) in [6.45, 7) is 4.03. The monoisotopic (exact) mass is 785 g/mol. The SMILES string of the molecule is CC/C=C\C/C=C\C/C=C\CCCCCCCC(=O)OC(CO)COC(=O)CCCCCCCCCCCCCCCCC/C=C\CCCCCCCCCC. The van der Waals surface area contributed by atoms with Crippen molar-refractivity contribution in [1.29, 1.82) is 0 Å². The quantitative estimate of drug-likeness (QED) is 0.0378. The van der Waals surface area contributed by atoms with Crippen LogP contribution < -0.4 is 0 Å². The predicted molar refractivity (Wildman–Crippen MR) is 242 cm³/mol. The highest BCUT2D eigenvalue weighted by Crippen LogP contribution is 2.15. The van der Waals surface area contributed by atoms with Gasteiger partial charge >= 0.3 is 11.9 Å². The third-order valence-electron chi connectivity index (χ3n) is 10.6. The molecule has 0 saturated heterocycles. The molecule has 0 bridgehead atoms. The first-order valence-corrected chi connectivity index (χ1v) is 24.2. The lowest BCUT2D eigenvalue weighted by Gasteiger charge is -2.15. The molecule has 0 amide bonds. The Morgan fingerprint density at radius 2 is 0.768 bits per heavy atom. The number of aliphatic hydroxyl groups excluding tert-OH is 1. The van der Waals surface area contributed by atoms with Gasteiger partial charge in [-0.2, -0.15) is 0 Å². The van der Waals surface area contributed by atoms with Crippen molar-refractivity contribution >= 4 is 11.9 Å². The Labute approximate surface area is 348 Å². The molecule has 0 heterocycles. The molecule has 0 rings (SSSR count). The number of allylic oxidation sites excluding steroid dienone is 8. The minimum absolute atomic E-state index is 0.0718. The van der Waals surface area contributed by atoms with Crippen molar-refractivity contribution in [1.82, 2.24) is 0 Å². The highest BCUT2D eigenvalue weighted by atomic mass is 16.6. The van der Waals surface area contributed by atoms with Crippen LogP contribution in [0, 0.1) is 0 Å². The zero-order chi connectivity index (χ0) is 40.7. The summed E-state index contributed by atoms with van der Waals surface area (Å²) in [5, 5.41) is 9.59. The molecule has 0 saturated carbocycles. The number of hydrogen-bond acceptors (Lipinski definition) is 5. The summed E-state index contributed by atoms with van der Waals surface area (Å²) >= 11 is 0. The highest BCUT2D eigenvalue weighted by Gasteiger charge is 2.16. The molecule has 0 aliphatic carbocycles. The van der Waals surface area contributed by atoms with Crippen LogP contribution in [-0.4, -0.2) is 36.4 Å². The second-order valence-electron chi connectivity index (χ2n) is 16.2. The van der Waals surface area contributed by atoms with Crippen LogP contribution in [0.15, 0.2) is 48.6 Å². The number of aliphatic hydroxyl groups is 1.